The molecule has 0 spiro atoms. The number of nitrogens with zero attached hydrogens (tertiary/aromatic N) is 3. The quantitative estimate of drug-likeness (QED) is 0.843. The minimum Gasteiger partial charge on any atom is -0.329 e. The second-order valence-electron chi connectivity index (χ2n) is 5.03. The Morgan fingerprint density at radius 3 is 2.95 bits per heavy atom. The summed E-state index contributed by atoms with van der Waals surface area (Å²) in [6.07, 6.45) is 2.87. The Labute approximate surface area is 127 Å². The van der Waals surface area contributed by atoms with E-state index in [0.29, 0.717) is 6.04 Å². The number of rotatable bonds is 5. The van der Waals surface area contributed by atoms with Crippen molar-refractivity contribution in [1.29, 1.82) is 0 Å². The number of pyridine rings is 1. The van der Waals surface area contributed by atoms with Crippen LogP contribution in [-0.4, -0.2) is 39.1 Å². The first-order valence-corrected chi connectivity index (χ1v) is 7.63. The van der Waals surface area contributed by atoms with E-state index in [-0.39, 0.29) is 0 Å². The lowest BCUT2D eigenvalue weighted by atomic mass is 10.3. The Kier molecular flexibility index (Phi) is 4.76. The minimum atomic E-state index is 0.574. The lowest BCUT2D eigenvalue weighted by molar-refractivity contribution is 0.265. The summed E-state index contributed by atoms with van der Waals surface area (Å²) in [5.74, 6) is 0. The molecule has 2 heterocycles. The van der Waals surface area contributed by atoms with Gasteiger partial charge in [-0.05, 0) is 68.1 Å². The molecule has 104 valence electrons. The summed E-state index contributed by atoms with van der Waals surface area (Å²) in [7, 11) is 2.15. The van der Waals surface area contributed by atoms with Crippen LogP contribution in [0.25, 0.3) is 11.2 Å². The smallest absolute Gasteiger partial charge is 0.179 e. The molecule has 4 nitrogen and oxygen atoms in total. The Hall–Kier alpha value is -0.720. The number of hydrogen-bond donors (Lipinski definition) is 1. The van der Waals surface area contributed by atoms with Crippen molar-refractivity contribution in [3.05, 3.63) is 21.5 Å². The lowest BCUT2D eigenvalue weighted by Crippen LogP contribution is -2.27. The van der Waals surface area contributed by atoms with E-state index in [0.717, 1.165) is 39.9 Å². The highest BCUT2D eigenvalue weighted by Gasteiger charge is 2.07. The predicted molar refractivity (Wildman–Crippen MR) is 85.0 cm³/mol. The first-order chi connectivity index (χ1) is 8.99. The van der Waals surface area contributed by atoms with Crippen LogP contribution >= 0.6 is 28.1 Å². The summed E-state index contributed by atoms with van der Waals surface area (Å²) in [5, 5.41) is 0. The third-order valence-electron chi connectivity index (χ3n) is 3.35. The van der Waals surface area contributed by atoms with E-state index >= 15 is 0 Å². The molecular formula is C13H19BrN4S. The van der Waals surface area contributed by atoms with E-state index in [1.165, 1.54) is 0 Å². The number of aryl methyl sites for hydroxylation is 1. The fourth-order valence-electron chi connectivity index (χ4n) is 1.96. The minimum absolute atomic E-state index is 0.574. The number of halogens is 1. The van der Waals surface area contributed by atoms with E-state index in [1.807, 2.05) is 12.3 Å². The molecule has 0 aliphatic rings. The number of fused-ring (bicyclic) bond motifs is 1. The molecule has 1 N–H and O–H groups in total. The van der Waals surface area contributed by atoms with Crippen molar-refractivity contribution in [2.24, 2.45) is 0 Å². The summed E-state index contributed by atoms with van der Waals surface area (Å²) in [4.78, 5) is 9.98. The lowest BCUT2D eigenvalue weighted by Gasteiger charge is -2.20. The zero-order valence-corrected chi connectivity index (χ0v) is 13.9. The van der Waals surface area contributed by atoms with Crippen LogP contribution in [-0.2, 0) is 6.54 Å². The van der Waals surface area contributed by atoms with Gasteiger partial charge in [0.05, 0.1) is 5.52 Å². The Balaban J connectivity index is 2.13. The summed E-state index contributed by atoms with van der Waals surface area (Å²) in [6.45, 7) is 6.36. The van der Waals surface area contributed by atoms with Crippen molar-refractivity contribution >= 4 is 39.3 Å². The average molecular weight is 343 g/mol. The molecule has 0 aromatic carbocycles. The highest BCUT2D eigenvalue weighted by molar-refractivity contribution is 9.10. The fraction of sp³-hybridized carbons (Fsp3) is 0.538. The maximum atomic E-state index is 5.37. The molecule has 2 aromatic heterocycles. The normalized spacial score (nSPS) is 11.9. The van der Waals surface area contributed by atoms with E-state index < -0.39 is 0 Å². The third-order valence-corrected chi connectivity index (χ3v) is 4.11. The van der Waals surface area contributed by atoms with Crippen molar-refractivity contribution in [1.82, 2.24) is 19.4 Å². The van der Waals surface area contributed by atoms with Crippen LogP contribution in [0.1, 0.15) is 20.3 Å². The molecule has 0 amide bonds. The highest BCUT2D eigenvalue weighted by Crippen LogP contribution is 2.17. The molecule has 0 radical (unpaired) electrons. The number of nitrogens with one attached hydrogen (secondary N) is 1. The monoisotopic (exact) mass is 342 g/mol. The molecule has 0 fully saturated rings. The molecule has 0 aliphatic carbocycles. The zero-order chi connectivity index (χ0) is 14.0. The second kappa shape index (κ2) is 6.15. The maximum absolute atomic E-state index is 5.37. The van der Waals surface area contributed by atoms with Crippen molar-refractivity contribution in [3.63, 3.8) is 0 Å². The second-order valence-corrected chi connectivity index (χ2v) is 6.34. The van der Waals surface area contributed by atoms with Crippen LogP contribution in [0.3, 0.4) is 0 Å². The number of aromatic amines is 1. The average Bonchev–Trinajstić information content (AvgIpc) is 2.64. The number of aromatic nitrogens is 3. The summed E-state index contributed by atoms with van der Waals surface area (Å²) >= 11 is 8.79. The van der Waals surface area contributed by atoms with Crippen LogP contribution in [0, 0.1) is 4.77 Å². The standard InChI is InChI=1S/C13H19BrN4S/c1-9(2)17(3)5-4-6-18-12-11(16-13(18)19)7-10(14)8-15-12/h7-9H,4-6H2,1-3H3,(H,16,19). The largest absolute Gasteiger partial charge is 0.329 e. The fourth-order valence-corrected chi connectivity index (χ4v) is 2.58. The van der Waals surface area contributed by atoms with Crippen LogP contribution in [0.5, 0.6) is 0 Å². The molecule has 2 aromatic rings. The molecule has 19 heavy (non-hydrogen) atoms. The third kappa shape index (κ3) is 3.43. The van der Waals surface area contributed by atoms with Gasteiger partial charge >= 0.3 is 0 Å². The van der Waals surface area contributed by atoms with Crippen molar-refractivity contribution in [3.8, 4) is 0 Å². The SMILES string of the molecule is CC(C)N(C)CCCn1c(=S)[nH]c2cc(Br)cnc21. The van der Waals surface area contributed by atoms with Gasteiger partial charge in [-0.3, -0.25) is 0 Å². The van der Waals surface area contributed by atoms with Crippen molar-refractivity contribution in [2.45, 2.75) is 32.9 Å². The summed E-state index contributed by atoms with van der Waals surface area (Å²) in [5.41, 5.74) is 1.91. The zero-order valence-electron chi connectivity index (χ0n) is 11.5. The van der Waals surface area contributed by atoms with Gasteiger partial charge in [0.25, 0.3) is 0 Å². The van der Waals surface area contributed by atoms with Crippen LogP contribution in [0.15, 0.2) is 16.7 Å². The Bertz CT molecular complexity index is 617. The van der Waals surface area contributed by atoms with Gasteiger partial charge in [-0.25, -0.2) is 4.98 Å². The van der Waals surface area contributed by atoms with E-state index in [2.05, 4.69) is 56.3 Å². The molecule has 0 aliphatic heterocycles. The Morgan fingerprint density at radius 2 is 2.26 bits per heavy atom. The van der Waals surface area contributed by atoms with Crippen molar-refractivity contribution in [2.75, 3.05) is 13.6 Å². The van der Waals surface area contributed by atoms with Crippen LogP contribution < -0.4 is 0 Å². The van der Waals surface area contributed by atoms with Gasteiger partial charge in [0.2, 0.25) is 0 Å². The van der Waals surface area contributed by atoms with Gasteiger partial charge in [-0.15, -0.1) is 0 Å². The van der Waals surface area contributed by atoms with E-state index in [4.69, 9.17) is 12.2 Å². The van der Waals surface area contributed by atoms with Gasteiger partial charge in [0.15, 0.2) is 10.4 Å². The van der Waals surface area contributed by atoms with Gasteiger partial charge in [0.1, 0.15) is 0 Å². The first-order valence-electron chi connectivity index (χ1n) is 6.43. The van der Waals surface area contributed by atoms with Gasteiger partial charge in [-0.2, -0.15) is 0 Å². The maximum Gasteiger partial charge on any atom is 0.179 e. The molecule has 0 saturated carbocycles. The molecular weight excluding hydrogens is 324 g/mol. The van der Waals surface area contributed by atoms with E-state index in [9.17, 15) is 0 Å². The molecule has 0 atom stereocenters. The van der Waals surface area contributed by atoms with Crippen LogP contribution in [0.4, 0.5) is 0 Å². The summed E-state index contributed by atoms with van der Waals surface area (Å²) in [6, 6.07) is 2.58. The first kappa shape index (κ1) is 14.7. The predicted octanol–water partition coefficient (Wildman–Crippen LogP) is 3.59. The topological polar surface area (TPSA) is 36.9 Å². The molecule has 2 rings (SSSR count). The number of H-pyrrole nitrogens is 1. The Morgan fingerprint density at radius 1 is 1.53 bits per heavy atom. The highest BCUT2D eigenvalue weighted by atomic mass is 79.9. The van der Waals surface area contributed by atoms with Gasteiger partial charge in [-0.1, -0.05) is 0 Å². The van der Waals surface area contributed by atoms with Crippen molar-refractivity contribution < 1.29 is 0 Å². The number of hydrogen-bond acceptors (Lipinski definition) is 3. The molecule has 0 bridgehead atoms. The van der Waals surface area contributed by atoms with Crippen LogP contribution in [0.2, 0.25) is 0 Å². The van der Waals surface area contributed by atoms with Gasteiger partial charge < -0.3 is 14.5 Å². The summed E-state index contributed by atoms with van der Waals surface area (Å²) < 4.78 is 3.78. The molecule has 6 heteroatoms. The number of imidazole rings is 1. The molecule has 0 saturated heterocycles. The molecule has 0 unspecified atom stereocenters. The van der Waals surface area contributed by atoms with E-state index in [1.54, 1.807) is 0 Å². The van der Waals surface area contributed by atoms with Gasteiger partial charge in [0, 0.05) is 23.3 Å².